The summed E-state index contributed by atoms with van der Waals surface area (Å²) in [5.41, 5.74) is 7.69. The highest BCUT2D eigenvalue weighted by molar-refractivity contribution is 7.13. The van der Waals surface area contributed by atoms with Crippen molar-refractivity contribution in [3.8, 4) is 10.4 Å². The number of thiophene rings is 1. The molecule has 1 aliphatic heterocycles. The number of cyclic esters (lactones) is 1. The van der Waals surface area contributed by atoms with E-state index in [1.807, 2.05) is 17.5 Å². The number of esters is 1. The zero-order chi connectivity index (χ0) is 14.8. The molecule has 6 heteroatoms. The van der Waals surface area contributed by atoms with Crippen LogP contribution in [0, 0.1) is 0 Å². The number of hydrogen-bond acceptors (Lipinski definition) is 5. The zero-order valence-electron chi connectivity index (χ0n) is 11.2. The maximum Gasteiger partial charge on any atom is 0.328 e. The molecule has 3 rings (SSSR count). The van der Waals surface area contributed by atoms with Crippen molar-refractivity contribution in [2.24, 2.45) is 0 Å². The molecule has 1 aromatic carbocycles. The molecule has 1 saturated heterocycles. The van der Waals surface area contributed by atoms with Crippen molar-refractivity contribution in [3.05, 3.63) is 41.3 Å². The van der Waals surface area contributed by atoms with Crippen molar-refractivity contribution in [2.45, 2.75) is 12.5 Å². The molecule has 21 heavy (non-hydrogen) atoms. The molecule has 108 valence electrons. The minimum atomic E-state index is -0.564. The molecule has 2 aromatic rings. The van der Waals surface area contributed by atoms with Crippen molar-refractivity contribution in [2.75, 3.05) is 12.3 Å². The summed E-state index contributed by atoms with van der Waals surface area (Å²) >= 11 is 1.53. The van der Waals surface area contributed by atoms with Crippen LogP contribution in [-0.2, 0) is 9.53 Å². The summed E-state index contributed by atoms with van der Waals surface area (Å²) in [5, 5.41) is 4.66. The molecule has 1 atom stereocenters. The first kappa shape index (κ1) is 13.6. The van der Waals surface area contributed by atoms with Gasteiger partial charge >= 0.3 is 5.97 Å². The number of benzene rings is 1. The smallest absolute Gasteiger partial charge is 0.328 e. The van der Waals surface area contributed by atoms with Gasteiger partial charge in [-0.25, -0.2) is 4.79 Å². The fraction of sp³-hybridized carbons (Fsp3) is 0.200. The van der Waals surface area contributed by atoms with Gasteiger partial charge in [-0.15, -0.1) is 11.3 Å². The van der Waals surface area contributed by atoms with E-state index < -0.39 is 6.04 Å². The number of anilines is 1. The first-order chi connectivity index (χ1) is 10.1. The average Bonchev–Trinajstić information content (AvgIpc) is 3.11. The molecule has 0 aliphatic carbocycles. The Morgan fingerprint density at radius 1 is 1.38 bits per heavy atom. The van der Waals surface area contributed by atoms with E-state index in [4.69, 9.17) is 10.5 Å². The van der Waals surface area contributed by atoms with Gasteiger partial charge in [0.15, 0.2) is 0 Å². The summed E-state index contributed by atoms with van der Waals surface area (Å²) in [7, 11) is 0. The lowest BCUT2D eigenvalue weighted by atomic mass is 10.0. The normalized spacial score (nSPS) is 17.5. The van der Waals surface area contributed by atoms with E-state index >= 15 is 0 Å². The number of nitrogens with one attached hydrogen (secondary N) is 1. The predicted octanol–water partition coefficient (Wildman–Crippen LogP) is 2.04. The highest BCUT2D eigenvalue weighted by Gasteiger charge is 2.29. The lowest BCUT2D eigenvalue weighted by molar-refractivity contribution is -0.139. The second-order valence-corrected chi connectivity index (χ2v) is 5.71. The SMILES string of the molecule is Nc1ccc(C(=O)NC2CCOC2=O)c(-c2cccs2)c1. The number of ether oxygens (including phenoxy) is 1. The molecule has 2 heterocycles. The molecule has 3 N–H and O–H groups in total. The van der Waals surface area contributed by atoms with Gasteiger partial charge in [-0.3, -0.25) is 4.79 Å². The van der Waals surface area contributed by atoms with Gasteiger partial charge in [0.05, 0.1) is 6.61 Å². The molecule has 5 nitrogen and oxygen atoms in total. The Bertz CT molecular complexity index is 682. The van der Waals surface area contributed by atoms with E-state index in [0.29, 0.717) is 24.3 Å². The highest BCUT2D eigenvalue weighted by atomic mass is 32.1. The standard InChI is InChI=1S/C15H14N2O3S/c16-9-3-4-10(11(8-9)13-2-1-7-21-13)14(18)17-12-5-6-20-15(12)19/h1-4,7-8,12H,5-6,16H2,(H,17,18). The van der Waals surface area contributed by atoms with E-state index in [9.17, 15) is 9.59 Å². The molecule has 1 amide bonds. The van der Waals surface area contributed by atoms with Gasteiger partial charge in [-0.05, 0) is 29.6 Å². The number of carbonyl (C=O) groups excluding carboxylic acids is 2. The largest absolute Gasteiger partial charge is 0.464 e. The molecule has 1 fully saturated rings. The fourth-order valence-corrected chi connectivity index (χ4v) is 3.02. The Labute approximate surface area is 125 Å². The fourth-order valence-electron chi connectivity index (χ4n) is 2.26. The Balaban J connectivity index is 1.91. The number of nitrogen functional groups attached to an aromatic ring is 1. The second-order valence-electron chi connectivity index (χ2n) is 4.76. The molecule has 1 aromatic heterocycles. The number of hydrogen-bond donors (Lipinski definition) is 2. The minimum Gasteiger partial charge on any atom is -0.464 e. The molecule has 1 unspecified atom stereocenters. The van der Waals surface area contributed by atoms with Crippen LogP contribution in [0.25, 0.3) is 10.4 Å². The van der Waals surface area contributed by atoms with Crippen molar-refractivity contribution in [3.63, 3.8) is 0 Å². The third-order valence-electron chi connectivity index (χ3n) is 3.32. The van der Waals surface area contributed by atoms with Gasteiger partial charge in [0.25, 0.3) is 5.91 Å². The average molecular weight is 302 g/mol. The van der Waals surface area contributed by atoms with Crippen LogP contribution >= 0.6 is 11.3 Å². The van der Waals surface area contributed by atoms with Crippen LogP contribution < -0.4 is 11.1 Å². The summed E-state index contributed by atoms with van der Waals surface area (Å²) in [6.07, 6.45) is 0.508. The van der Waals surface area contributed by atoms with Crippen LogP contribution in [0.2, 0.25) is 0 Å². The van der Waals surface area contributed by atoms with Crippen LogP contribution in [0.5, 0.6) is 0 Å². The van der Waals surface area contributed by atoms with Crippen molar-refractivity contribution >= 4 is 28.9 Å². The van der Waals surface area contributed by atoms with Crippen LogP contribution in [0.15, 0.2) is 35.7 Å². The molecule has 0 spiro atoms. The zero-order valence-corrected chi connectivity index (χ0v) is 12.0. The van der Waals surface area contributed by atoms with Crippen LogP contribution in [0.3, 0.4) is 0 Å². The van der Waals surface area contributed by atoms with E-state index in [1.54, 1.807) is 18.2 Å². The Morgan fingerprint density at radius 2 is 2.24 bits per heavy atom. The maximum atomic E-state index is 12.4. The molecule has 1 aliphatic rings. The summed E-state index contributed by atoms with van der Waals surface area (Å²) in [5.74, 6) is -0.668. The lowest BCUT2D eigenvalue weighted by Crippen LogP contribution is -2.38. The van der Waals surface area contributed by atoms with Gasteiger partial charge in [-0.1, -0.05) is 6.07 Å². The summed E-state index contributed by atoms with van der Waals surface area (Å²) < 4.78 is 4.85. The van der Waals surface area contributed by atoms with E-state index in [-0.39, 0.29) is 11.9 Å². The molecular weight excluding hydrogens is 288 g/mol. The third-order valence-corrected chi connectivity index (χ3v) is 4.22. The summed E-state index contributed by atoms with van der Waals surface area (Å²) in [4.78, 5) is 24.8. The molecule has 0 bridgehead atoms. The van der Waals surface area contributed by atoms with Gasteiger partial charge in [0.2, 0.25) is 0 Å². The van der Waals surface area contributed by atoms with E-state index in [2.05, 4.69) is 5.32 Å². The highest BCUT2D eigenvalue weighted by Crippen LogP contribution is 2.30. The van der Waals surface area contributed by atoms with Crippen molar-refractivity contribution in [1.82, 2.24) is 5.32 Å². The summed E-state index contributed by atoms with van der Waals surface area (Å²) in [6, 6.07) is 8.41. The van der Waals surface area contributed by atoms with Crippen LogP contribution in [0.1, 0.15) is 16.8 Å². The molecule has 0 saturated carbocycles. The first-order valence-corrected chi connectivity index (χ1v) is 7.44. The predicted molar refractivity (Wildman–Crippen MR) is 81.0 cm³/mol. The van der Waals surface area contributed by atoms with Crippen molar-refractivity contribution < 1.29 is 14.3 Å². The maximum absolute atomic E-state index is 12.4. The van der Waals surface area contributed by atoms with Gasteiger partial charge < -0.3 is 15.8 Å². The molecule has 0 radical (unpaired) electrons. The number of carbonyl (C=O) groups is 2. The number of rotatable bonds is 3. The molecular formula is C15H14N2O3S. The topological polar surface area (TPSA) is 81.4 Å². The third kappa shape index (κ3) is 2.75. The van der Waals surface area contributed by atoms with E-state index in [0.717, 1.165) is 10.4 Å². The Kier molecular flexibility index (Phi) is 3.62. The van der Waals surface area contributed by atoms with E-state index in [1.165, 1.54) is 11.3 Å². The second kappa shape index (κ2) is 5.57. The van der Waals surface area contributed by atoms with Gasteiger partial charge in [-0.2, -0.15) is 0 Å². The van der Waals surface area contributed by atoms with Crippen LogP contribution in [0.4, 0.5) is 5.69 Å². The Morgan fingerprint density at radius 3 is 2.90 bits per heavy atom. The quantitative estimate of drug-likeness (QED) is 0.671. The van der Waals surface area contributed by atoms with Crippen LogP contribution in [-0.4, -0.2) is 24.5 Å². The lowest BCUT2D eigenvalue weighted by Gasteiger charge is -2.12. The first-order valence-electron chi connectivity index (χ1n) is 6.56. The number of amides is 1. The van der Waals surface area contributed by atoms with Crippen molar-refractivity contribution in [1.29, 1.82) is 0 Å². The van der Waals surface area contributed by atoms with Gasteiger partial charge in [0, 0.05) is 28.1 Å². The Hall–Kier alpha value is -2.34. The number of nitrogens with two attached hydrogens (primary N) is 1. The monoisotopic (exact) mass is 302 g/mol. The van der Waals surface area contributed by atoms with Gasteiger partial charge in [0.1, 0.15) is 6.04 Å². The minimum absolute atomic E-state index is 0.290. The summed E-state index contributed by atoms with van der Waals surface area (Å²) in [6.45, 7) is 0.350.